The molecule has 2 heterocycles. The lowest BCUT2D eigenvalue weighted by Gasteiger charge is -2.23. The predicted molar refractivity (Wildman–Crippen MR) is 85.8 cm³/mol. The highest BCUT2D eigenvalue weighted by Crippen LogP contribution is 2.31. The molecule has 1 aliphatic rings. The van der Waals surface area contributed by atoms with Crippen molar-refractivity contribution in [1.29, 1.82) is 0 Å². The molecule has 0 unspecified atom stereocenters. The maximum atomic E-state index is 12.6. The first-order valence-corrected chi connectivity index (χ1v) is 7.99. The molecule has 1 amide bonds. The fourth-order valence-electron chi connectivity index (χ4n) is 2.56. The molecular weight excluding hydrogens is 294 g/mol. The Bertz CT molecular complexity index is 651. The number of benzene rings is 1. The van der Waals surface area contributed by atoms with E-state index in [2.05, 4.69) is 6.92 Å². The molecule has 1 aromatic carbocycles. The van der Waals surface area contributed by atoms with Crippen LogP contribution in [0.2, 0.25) is 0 Å². The number of ether oxygens (including phenoxy) is 2. The number of hydrogen-bond donors (Lipinski definition) is 0. The van der Waals surface area contributed by atoms with Crippen molar-refractivity contribution in [3.8, 4) is 11.5 Å². The number of furan rings is 1. The van der Waals surface area contributed by atoms with Gasteiger partial charge in [-0.05, 0) is 36.2 Å². The summed E-state index contributed by atoms with van der Waals surface area (Å²) in [5, 5.41) is 0. The maximum absolute atomic E-state index is 12.6. The number of amides is 1. The number of unbranched alkanes of at least 4 members (excludes halogenated alkanes) is 1. The molecule has 0 fully saturated rings. The number of fused-ring (bicyclic) bond motifs is 1. The number of nitrogens with zero attached hydrogens (tertiary/aromatic N) is 1. The molecule has 0 spiro atoms. The van der Waals surface area contributed by atoms with Gasteiger partial charge >= 0.3 is 0 Å². The van der Waals surface area contributed by atoms with Crippen LogP contribution in [0.5, 0.6) is 11.5 Å². The average Bonchev–Trinajstić information content (AvgIpc) is 3.12. The summed E-state index contributed by atoms with van der Waals surface area (Å²) >= 11 is 0. The first kappa shape index (κ1) is 15.5. The average molecular weight is 315 g/mol. The van der Waals surface area contributed by atoms with Crippen LogP contribution in [0.3, 0.4) is 0 Å². The second-order valence-corrected chi connectivity index (χ2v) is 5.54. The third-order valence-corrected chi connectivity index (χ3v) is 3.78. The first-order valence-electron chi connectivity index (χ1n) is 7.99. The van der Waals surface area contributed by atoms with Crippen molar-refractivity contribution in [1.82, 2.24) is 4.90 Å². The van der Waals surface area contributed by atoms with Crippen LogP contribution in [0.4, 0.5) is 0 Å². The summed E-state index contributed by atoms with van der Waals surface area (Å²) in [6.45, 7) is 4.47. The van der Waals surface area contributed by atoms with Crippen molar-refractivity contribution in [2.45, 2.75) is 26.3 Å². The van der Waals surface area contributed by atoms with Crippen molar-refractivity contribution in [3.63, 3.8) is 0 Å². The highest BCUT2D eigenvalue weighted by Gasteiger charge is 2.19. The van der Waals surface area contributed by atoms with Crippen molar-refractivity contribution >= 4 is 5.91 Å². The van der Waals surface area contributed by atoms with Gasteiger partial charge in [-0.3, -0.25) is 4.79 Å². The van der Waals surface area contributed by atoms with E-state index < -0.39 is 0 Å². The smallest absolute Gasteiger partial charge is 0.289 e. The minimum Gasteiger partial charge on any atom is -0.486 e. The molecule has 1 aromatic heterocycles. The molecule has 0 saturated heterocycles. The lowest BCUT2D eigenvalue weighted by Crippen LogP contribution is -2.31. The van der Waals surface area contributed by atoms with Crippen LogP contribution in [0, 0.1) is 0 Å². The molecule has 5 nitrogen and oxygen atoms in total. The molecule has 23 heavy (non-hydrogen) atoms. The zero-order chi connectivity index (χ0) is 16.1. The van der Waals surface area contributed by atoms with E-state index in [4.69, 9.17) is 13.9 Å². The highest BCUT2D eigenvalue weighted by molar-refractivity contribution is 5.91. The molecular formula is C18H21NO4. The Kier molecular flexibility index (Phi) is 4.86. The molecule has 5 heteroatoms. The molecule has 2 aromatic rings. The van der Waals surface area contributed by atoms with Gasteiger partial charge in [0.1, 0.15) is 13.2 Å². The number of carbonyl (C=O) groups is 1. The Labute approximate surface area is 135 Å². The van der Waals surface area contributed by atoms with E-state index in [-0.39, 0.29) is 5.91 Å². The van der Waals surface area contributed by atoms with Crippen LogP contribution in [-0.4, -0.2) is 30.6 Å². The topological polar surface area (TPSA) is 51.9 Å². The van der Waals surface area contributed by atoms with Gasteiger partial charge in [0.2, 0.25) is 0 Å². The Morgan fingerprint density at radius 3 is 2.74 bits per heavy atom. The molecule has 0 N–H and O–H groups in total. The molecule has 0 aliphatic carbocycles. The van der Waals surface area contributed by atoms with E-state index in [0.717, 1.165) is 29.9 Å². The molecule has 0 bridgehead atoms. The van der Waals surface area contributed by atoms with E-state index >= 15 is 0 Å². The number of hydrogen-bond acceptors (Lipinski definition) is 4. The van der Waals surface area contributed by atoms with Gasteiger partial charge in [0, 0.05) is 13.1 Å². The van der Waals surface area contributed by atoms with Crippen molar-refractivity contribution in [2.24, 2.45) is 0 Å². The first-order chi connectivity index (χ1) is 11.3. The zero-order valence-electron chi connectivity index (χ0n) is 13.3. The molecule has 3 rings (SSSR count). The summed E-state index contributed by atoms with van der Waals surface area (Å²) in [7, 11) is 0. The Morgan fingerprint density at radius 1 is 1.17 bits per heavy atom. The lowest BCUT2D eigenvalue weighted by atomic mass is 10.1. The van der Waals surface area contributed by atoms with Gasteiger partial charge < -0.3 is 18.8 Å². The minimum atomic E-state index is -0.0849. The van der Waals surface area contributed by atoms with Gasteiger partial charge in [0.25, 0.3) is 5.91 Å². The van der Waals surface area contributed by atoms with Gasteiger partial charge in [-0.15, -0.1) is 0 Å². The largest absolute Gasteiger partial charge is 0.486 e. The summed E-state index contributed by atoms with van der Waals surface area (Å²) in [6.07, 6.45) is 3.51. The zero-order valence-corrected chi connectivity index (χ0v) is 13.3. The van der Waals surface area contributed by atoms with E-state index in [1.807, 2.05) is 23.1 Å². The Morgan fingerprint density at radius 2 is 2.00 bits per heavy atom. The lowest BCUT2D eigenvalue weighted by molar-refractivity contribution is 0.0708. The van der Waals surface area contributed by atoms with Gasteiger partial charge in [-0.2, -0.15) is 0 Å². The van der Waals surface area contributed by atoms with Crippen LogP contribution in [0.1, 0.15) is 35.9 Å². The van der Waals surface area contributed by atoms with Crippen LogP contribution in [0.25, 0.3) is 0 Å². The second kappa shape index (κ2) is 7.22. The fraction of sp³-hybridized carbons (Fsp3) is 0.389. The second-order valence-electron chi connectivity index (χ2n) is 5.54. The van der Waals surface area contributed by atoms with E-state index in [1.165, 1.54) is 6.26 Å². The van der Waals surface area contributed by atoms with E-state index in [0.29, 0.717) is 32.1 Å². The normalized spacial score (nSPS) is 12.9. The number of carbonyl (C=O) groups excluding carboxylic acids is 1. The molecule has 0 radical (unpaired) electrons. The quantitative estimate of drug-likeness (QED) is 0.819. The molecule has 0 saturated carbocycles. The fourth-order valence-corrected chi connectivity index (χ4v) is 2.56. The maximum Gasteiger partial charge on any atom is 0.289 e. The van der Waals surface area contributed by atoms with Gasteiger partial charge in [0.05, 0.1) is 6.26 Å². The van der Waals surface area contributed by atoms with Crippen LogP contribution < -0.4 is 9.47 Å². The third-order valence-electron chi connectivity index (χ3n) is 3.78. The summed E-state index contributed by atoms with van der Waals surface area (Å²) < 4.78 is 16.4. The van der Waals surface area contributed by atoms with Crippen molar-refractivity contribution < 1.29 is 18.7 Å². The van der Waals surface area contributed by atoms with Gasteiger partial charge in [-0.1, -0.05) is 19.4 Å². The Balaban J connectivity index is 1.76. The molecule has 122 valence electrons. The van der Waals surface area contributed by atoms with Crippen molar-refractivity contribution in [3.05, 3.63) is 47.9 Å². The standard InChI is InChI=1S/C18H21NO4/c1-2-3-8-19(18(20)16-5-4-9-21-16)13-14-6-7-15-17(12-14)23-11-10-22-15/h4-7,9,12H,2-3,8,10-11,13H2,1H3. The van der Waals surface area contributed by atoms with Crippen LogP contribution in [0.15, 0.2) is 41.0 Å². The summed E-state index contributed by atoms with van der Waals surface area (Å²) in [5.41, 5.74) is 1.02. The summed E-state index contributed by atoms with van der Waals surface area (Å²) in [5.74, 6) is 1.80. The van der Waals surface area contributed by atoms with Crippen molar-refractivity contribution in [2.75, 3.05) is 19.8 Å². The highest BCUT2D eigenvalue weighted by atomic mass is 16.6. The van der Waals surface area contributed by atoms with Gasteiger partial charge in [0.15, 0.2) is 17.3 Å². The minimum absolute atomic E-state index is 0.0849. The third kappa shape index (κ3) is 3.67. The Hall–Kier alpha value is -2.43. The molecule has 0 atom stereocenters. The molecule has 1 aliphatic heterocycles. The SMILES string of the molecule is CCCCN(Cc1ccc2c(c1)OCCO2)C(=O)c1ccco1. The van der Waals surface area contributed by atoms with E-state index in [1.54, 1.807) is 12.1 Å². The monoisotopic (exact) mass is 315 g/mol. The summed E-state index contributed by atoms with van der Waals surface area (Å²) in [4.78, 5) is 14.4. The van der Waals surface area contributed by atoms with Gasteiger partial charge in [-0.25, -0.2) is 0 Å². The summed E-state index contributed by atoms with van der Waals surface area (Å²) in [6, 6.07) is 9.25. The number of rotatable bonds is 6. The van der Waals surface area contributed by atoms with E-state index in [9.17, 15) is 4.79 Å². The van der Waals surface area contributed by atoms with Crippen LogP contribution in [-0.2, 0) is 6.54 Å². The predicted octanol–water partition coefficient (Wildman–Crippen LogP) is 3.49. The van der Waals surface area contributed by atoms with Crippen LogP contribution >= 0.6 is 0 Å².